The van der Waals surface area contributed by atoms with Crippen molar-refractivity contribution in [3.63, 3.8) is 0 Å². The van der Waals surface area contributed by atoms with Gasteiger partial charge in [-0.05, 0) is 49.6 Å². The fourth-order valence-corrected chi connectivity index (χ4v) is 4.62. The van der Waals surface area contributed by atoms with Gasteiger partial charge in [0, 0.05) is 15.7 Å². The third-order valence-corrected chi connectivity index (χ3v) is 6.39. The fourth-order valence-electron chi connectivity index (χ4n) is 3.78. The van der Waals surface area contributed by atoms with Crippen LogP contribution in [0.15, 0.2) is 64.4 Å². The zero-order valence-corrected chi connectivity index (χ0v) is 18.1. The summed E-state index contributed by atoms with van der Waals surface area (Å²) < 4.78 is 0. The van der Waals surface area contributed by atoms with Gasteiger partial charge in [-0.3, -0.25) is 0 Å². The average Bonchev–Trinajstić information content (AvgIpc) is 2.67. The molecule has 0 saturated carbocycles. The molecular weight excluding hydrogens is 348 g/mol. The maximum Gasteiger partial charge on any atom is 0.0688 e. The van der Waals surface area contributed by atoms with E-state index in [2.05, 4.69) is 62.4 Å². The molecule has 2 rings (SSSR count). The topological polar surface area (TPSA) is 20.2 Å². The molecule has 0 heterocycles. The van der Waals surface area contributed by atoms with E-state index >= 15 is 0 Å². The highest BCUT2D eigenvalue weighted by atomic mass is 32.2. The molecule has 0 fully saturated rings. The summed E-state index contributed by atoms with van der Waals surface area (Å²) in [6, 6.07) is 19.3. The molecule has 27 heavy (non-hydrogen) atoms. The highest BCUT2D eigenvalue weighted by Crippen LogP contribution is 2.37. The number of unbranched alkanes of at least 4 members (excludes halogenated alkanes) is 4. The molecule has 0 spiro atoms. The Bertz CT molecular complexity index is 633. The van der Waals surface area contributed by atoms with Gasteiger partial charge >= 0.3 is 0 Å². The van der Waals surface area contributed by atoms with Crippen LogP contribution in [0.25, 0.3) is 0 Å². The van der Waals surface area contributed by atoms with Gasteiger partial charge in [0.15, 0.2) is 0 Å². The van der Waals surface area contributed by atoms with Crippen LogP contribution in [0.2, 0.25) is 0 Å². The van der Waals surface area contributed by atoms with Crippen molar-refractivity contribution in [2.45, 2.75) is 93.4 Å². The van der Waals surface area contributed by atoms with Gasteiger partial charge in [-0.25, -0.2) is 0 Å². The van der Waals surface area contributed by atoms with E-state index in [4.69, 9.17) is 0 Å². The van der Waals surface area contributed by atoms with Gasteiger partial charge in [-0.2, -0.15) is 0 Å². The molecule has 0 bridgehead atoms. The summed E-state index contributed by atoms with van der Waals surface area (Å²) in [7, 11) is 0. The van der Waals surface area contributed by atoms with Crippen molar-refractivity contribution in [1.29, 1.82) is 0 Å². The third kappa shape index (κ3) is 7.35. The summed E-state index contributed by atoms with van der Waals surface area (Å²) in [5.41, 5.74) is 0.642. The van der Waals surface area contributed by atoms with Gasteiger partial charge < -0.3 is 5.11 Å². The number of hydrogen-bond acceptors (Lipinski definition) is 2. The number of aliphatic hydroxyl groups is 1. The molecule has 2 atom stereocenters. The summed E-state index contributed by atoms with van der Waals surface area (Å²) in [5, 5.41) is 11.2. The second-order valence-corrected chi connectivity index (χ2v) is 8.99. The molecule has 148 valence electrons. The largest absolute Gasteiger partial charge is 0.390 e. The molecule has 2 heteroatoms. The molecular formula is C25H36OS. The quantitative estimate of drug-likeness (QED) is 0.376. The second-order valence-electron chi connectivity index (χ2n) is 7.85. The van der Waals surface area contributed by atoms with Crippen molar-refractivity contribution in [1.82, 2.24) is 0 Å². The monoisotopic (exact) mass is 384 g/mol. The first-order chi connectivity index (χ1) is 13.1. The van der Waals surface area contributed by atoms with E-state index in [9.17, 15) is 5.11 Å². The van der Waals surface area contributed by atoms with E-state index in [0.717, 1.165) is 25.7 Å². The average molecular weight is 385 g/mol. The molecule has 2 aromatic carbocycles. The minimum atomic E-state index is -0.629. The Hall–Kier alpha value is -1.25. The van der Waals surface area contributed by atoms with Crippen molar-refractivity contribution < 1.29 is 5.11 Å². The second kappa shape index (κ2) is 11.6. The molecule has 0 aromatic heterocycles. The molecule has 0 aliphatic rings. The maximum atomic E-state index is 11.2. The van der Waals surface area contributed by atoms with Crippen LogP contribution in [-0.2, 0) is 0 Å². The van der Waals surface area contributed by atoms with Gasteiger partial charge in [-0.1, -0.05) is 94.5 Å². The van der Waals surface area contributed by atoms with E-state index in [0.29, 0.717) is 0 Å². The van der Waals surface area contributed by atoms with Crippen LogP contribution < -0.4 is 0 Å². The smallest absolute Gasteiger partial charge is 0.0688 e. The Labute approximate surface area is 170 Å². The summed E-state index contributed by atoms with van der Waals surface area (Å²) in [4.78, 5) is 2.51. The Morgan fingerprint density at radius 2 is 1.44 bits per heavy atom. The summed E-state index contributed by atoms with van der Waals surface area (Å²) in [5.74, 6) is 0.212. The van der Waals surface area contributed by atoms with Crippen molar-refractivity contribution in [3.05, 3.63) is 60.2 Å². The van der Waals surface area contributed by atoms with E-state index in [1.165, 1.54) is 41.0 Å². The predicted molar refractivity (Wildman–Crippen MR) is 119 cm³/mol. The number of rotatable bonds is 12. The Morgan fingerprint density at radius 1 is 0.815 bits per heavy atom. The van der Waals surface area contributed by atoms with Gasteiger partial charge in [0.1, 0.15) is 0 Å². The predicted octanol–water partition coefficient (Wildman–Crippen LogP) is 7.83. The molecule has 0 radical (unpaired) electrons. The Morgan fingerprint density at radius 3 is 2.07 bits per heavy atom. The molecule has 0 saturated heterocycles. The first-order valence-electron chi connectivity index (χ1n) is 10.6. The van der Waals surface area contributed by atoms with Crippen LogP contribution >= 0.6 is 11.8 Å². The lowest BCUT2D eigenvalue weighted by molar-refractivity contribution is 0.0162. The summed E-state index contributed by atoms with van der Waals surface area (Å²) >= 11 is 1.79. The number of hydrogen-bond donors (Lipinski definition) is 1. The van der Waals surface area contributed by atoms with Gasteiger partial charge in [0.2, 0.25) is 0 Å². The van der Waals surface area contributed by atoms with Crippen LogP contribution in [0.3, 0.4) is 0 Å². The first kappa shape index (κ1) is 22.0. The standard InChI is InChI=1S/C25H36OS/c1-4-6-7-8-12-20-25(3,26)24(13-5-2)21-16-18-23(19-17-21)27-22-14-10-9-11-15-22/h9-11,14-19,24,26H,4-8,12-13,20H2,1-3H3. The zero-order valence-electron chi connectivity index (χ0n) is 17.3. The lowest BCUT2D eigenvalue weighted by atomic mass is 9.77. The first-order valence-corrected chi connectivity index (χ1v) is 11.4. The molecule has 0 aliphatic carbocycles. The van der Waals surface area contributed by atoms with Gasteiger partial charge in [0.25, 0.3) is 0 Å². The van der Waals surface area contributed by atoms with Crippen LogP contribution in [-0.4, -0.2) is 10.7 Å². The number of benzene rings is 2. The van der Waals surface area contributed by atoms with E-state index in [1.54, 1.807) is 11.8 Å². The van der Waals surface area contributed by atoms with E-state index in [-0.39, 0.29) is 5.92 Å². The van der Waals surface area contributed by atoms with E-state index < -0.39 is 5.60 Å². The molecule has 1 nitrogen and oxygen atoms in total. The minimum Gasteiger partial charge on any atom is -0.390 e. The maximum absolute atomic E-state index is 11.2. The van der Waals surface area contributed by atoms with Crippen molar-refractivity contribution >= 4 is 11.8 Å². The van der Waals surface area contributed by atoms with Crippen LogP contribution in [0.4, 0.5) is 0 Å². The van der Waals surface area contributed by atoms with Crippen LogP contribution in [0.5, 0.6) is 0 Å². The fraction of sp³-hybridized carbons (Fsp3) is 0.520. The van der Waals surface area contributed by atoms with Gasteiger partial charge in [-0.15, -0.1) is 0 Å². The molecule has 1 N–H and O–H groups in total. The minimum absolute atomic E-state index is 0.212. The molecule has 0 aliphatic heterocycles. The van der Waals surface area contributed by atoms with Crippen molar-refractivity contribution in [2.24, 2.45) is 0 Å². The SMILES string of the molecule is CCCCCCCC(C)(O)C(CCC)c1ccc(Sc2ccccc2)cc1. The molecule has 0 amide bonds. The lowest BCUT2D eigenvalue weighted by Gasteiger charge is -2.34. The van der Waals surface area contributed by atoms with Gasteiger partial charge in [0.05, 0.1) is 5.60 Å². The Balaban J connectivity index is 2.01. The lowest BCUT2D eigenvalue weighted by Crippen LogP contribution is -2.33. The van der Waals surface area contributed by atoms with Crippen LogP contribution in [0.1, 0.15) is 83.6 Å². The zero-order chi connectivity index (χ0) is 19.5. The highest BCUT2D eigenvalue weighted by molar-refractivity contribution is 7.99. The van der Waals surface area contributed by atoms with Crippen molar-refractivity contribution in [3.8, 4) is 0 Å². The van der Waals surface area contributed by atoms with E-state index in [1.807, 2.05) is 13.0 Å². The Kier molecular flexibility index (Phi) is 9.44. The highest BCUT2D eigenvalue weighted by Gasteiger charge is 2.31. The third-order valence-electron chi connectivity index (χ3n) is 5.38. The summed E-state index contributed by atoms with van der Waals surface area (Å²) in [6.45, 7) is 6.50. The normalized spacial score (nSPS) is 14.7. The molecule has 2 aromatic rings. The van der Waals surface area contributed by atoms with Crippen molar-refractivity contribution in [2.75, 3.05) is 0 Å². The van der Waals surface area contributed by atoms with Crippen LogP contribution in [0, 0.1) is 0 Å². The summed E-state index contributed by atoms with van der Waals surface area (Å²) in [6.07, 6.45) is 9.23. The molecule has 2 unspecified atom stereocenters.